The van der Waals surface area contributed by atoms with Crippen LogP contribution in [0.25, 0.3) is 0 Å². The first-order chi connectivity index (χ1) is 14.8. The first kappa shape index (κ1) is 23.4. The Labute approximate surface area is 183 Å². The zero-order valence-corrected chi connectivity index (χ0v) is 18.6. The van der Waals surface area contributed by atoms with Gasteiger partial charge in [0, 0.05) is 37.7 Å². The van der Waals surface area contributed by atoms with Gasteiger partial charge in [0.2, 0.25) is 5.91 Å². The Bertz CT molecular complexity index is 768. The molecule has 1 aromatic carbocycles. The fourth-order valence-electron chi connectivity index (χ4n) is 4.46. The number of carbonyl (C=O) groups excluding carboxylic acids is 2. The molecule has 8 heteroatoms. The normalized spacial score (nSPS) is 19.6. The maximum atomic E-state index is 13.9. The van der Waals surface area contributed by atoms with Gasteiger partial charge in [0.25, 0.3) is 0 Å². The summed E-state index contributed by atoms with van der Waals surface area (Å²) in [6.45, 7) is 8.63. The molecule has 6 nitrogen and oxygen atoms in total. The van der Waals surface area contributed by atoms with Crippen molar-refractivity contribution >= 4 is 17.6 Å². The van der Waals surface area contributed by atoms with E-state index >= 15 is 0 Å². The Morgan fingerprint density at radius 2 is 1.90 bits per heavy atom. The van der Waals surface area contributed by atoms with Gasteiger partial charge in [-0.05, 0) is 63.9 Å². The van der Waals surface area contributed by atoms with Crippen molar-refractivity contribution in [1.82, 2.24) is 14.7 Å². The van der Waals surface area contributed by atoms with Crippen LogP contribution in [0, 0.1) is 17.6 Å². The van der Waals surface area contributed by atoms with E-state index in [1.165, 1.54) is 12.8 Å². The highest BCUT2D eigenvalue weighted by Gasteiger charge is 2.31. The Kier molecular flexibility index (Phi) is 8.23. The number of hydrogen-bond acceptors (Lipinski definition) is 3. The van der Waals surface area contributed by atoms with E-state index in [1.807, 2.05) is 18.7 Å². The third-order valence-corrected chi connectivity index (χ3v) is 6.14. The second-order valence-electron chi connectivity index (χ2n) is 8.89. The van der Waals surface area contributed by atoms with Crippen molar-refractivity contribution in [1.29, 1.82) is 0 Å². The molecule has 172 valence electrons. The highest BCUT2D eigenvalue weighted by atomic mass is 19.1. The lowest BCUT2D eigenvalue weighted by molar-refractivity contribution is -0.138. The number of amides is 3. The largest absolute Gasteiger partial charge is 0.338 e. The molecule has 0 aliphatic carbocycles. The summed E-state index contributed by atoms with van der Waals surface area (Å²) in [4.78, 5) is 31.6. The van der Waals surface area contributed by atoms with Gasteiger partial charge >= 0.3 is 6.03 Å². The quantitative estimate of drug-likeness (QED) is 0.705. The first-order valence-electron chi connectivity index (χ1n) is 11.4. The third-order valence-electron chi connectivity index (χ3n) is 6.14. The van der Waals surface area contributed by atoms with Gasteiger partial charge in [0.05, 0.1) is 5.69 Å². The monoisotopic (exact) mass is 436 g/mol. The zero-order valence-electron chi connectivity index (χ0n) is 18.6. The predicted octanol–water partition coefficient (Wildman–Crippen LogP) is 3.93. The number of nitrogens with one attached hydrogen (secondary N) is 1. The highest BCUT2D eigenvalue weighted by Crippen LogP contribution is 2.21. The van der Waals surface area contributed by atoms with E-state index in [4.69, 9.17) is 0 Å². The third kappa shape index (κ3) is 6.38. The van der Waals surface area contributed by atoms with Gasteiger partial charge in [-0.15, -0.1) is 0 Å². The van der Waals surface area contributed by atoms with Crippen LogP contribution in [-0.2, 0) is 4.79 Å². The van der Waals surface area contributed by atoms with Crippen molar-refractivity contribution in [2.75, 3.05) is 44.6 Å². The van der Waals surface area contributed by atoms with E-state index in [2.05, 4.69) is 10.2 Å². The molecular formula is C23H34F2N4O2. The number of hydrogen-bond donors (Lipinski definition) is 1. The van der Waals surface area contributed by atoms with Gasteiger partial charge in [0.1, 0.15) is 11.6 Å². The van der Waals surface area contributed by atoms with Gasteiger partial charge in [-0.3, -0.25) is 4.79 Å². The van der Waals surface area contributed by atoms with Gasteiger partial charge in [-0.2, -0.15) is 0 Å². The summed E-state index contributed by atoms with van der Waals surface area (Å²) < 4.78 is 27.3. The summed E-state index contributed by atoms with van der Waals surface area (Å²) in [5, 5.41) is 2.47. The Hall–Kier alpha value is -2.22. The first-order valence-corrected chi connectivity index (χ1v) is 11.4. The van der Waals surface area contributed by atoms with Gasteiger partial charge in [0.15, 0.2) is 0 Å². The number of urea groups is 1. The molecule has 1 N–H and O–H groups in total. The van der Waals surface area contributed by atoms with Gasteiger partial charge in [-0.1, -0.05) is 13.8 Å². The Morgan fingerprint density at radius 3 is 2.61 bits per heavy atom. The van der Waals surface area contributed by atoms with Gasteiger partial charge in [-0.25, -0.2) is 13.6 Å². The summed E-state index contributed by atoms with van der Waals surface area (Å²) in [6.07, 6.45) is 4.99. The highest BCUT2D eigenvalue weighted by molar-refractivity contribution is 5.89. The van der Waals surface area contributed by atoms with Crippen LogP contribution in [0.4, 0.5) is 19.3 Å². The molecule has 1 atom stereocenters. The van der Waals surface area contributed by atoms with Crippen molar-refractivity contribution in [3.05, 3.63) is 29.8 Å². The minimum atomic E-state index is -0.679. The zero-order chi connectivity index (χ0) is 22.4. The number of halogens is 2. The molecule has 2 aliphatic heterocycles. The molecule has 2 aliphatic rings. The van der Waals surface area contributed by atoms with E-state index in [9.17, 15) is 18.4 Å². The van der Waals surface area contributed by atoms with Crippen molar-refractivity contribution in [2.45, 2.75) is 52.0 Å². The molecule has 2 heterocycles. The lowest BCUT2D eigenvalue weighted by atomic mass is 10.0. The van der Waals surface area contributed by atoms with E-state index in [0.29, 0.717) is 19.6 Å². The summed E-state index contributed by atoms with van der Waals surface area (Å²) in [5.74, 6) is -1.30. The molecule has 2 fully saturated rings. The van der Waals surface area contributed by atoms with Crippen LogP contribution in [-0.4, -0.2) is 71.9 Å². The lowest BCUT2D eigenvalue weighted by Gasteiger charge is -2.40. The SMILES string of the molecule is CC(C)C(=O)N(CCCN1CCCC1)C1CCCN(C(=O)Nc2cc(F)ccc2F)C1. The number of rotatable bonds is 7. The molecule has 0 bridgehead atoms. The smallest absolute Gasteiger partial charge is 0.321 e. The molecule has 2 saturated heterocycles. The number of anilines is 1. The Balaban J connectivity index is 1.61. The molecule has 0 aromatic heterocycles. The van der Waals surface area contributed by atoms with Crippen LogP contribution in [0.1, 0.15) is 46.0 Å². The van der Waals surface area contributed by atoms with Crippen molar-refractivity contribution < 1.29 is 18.4 Å². The lowest BCUT2D eigenvalue weighted by Crippen LogP contribution is -2.53. The maximum Gasteiger partial charge on any atom is 0.321 e. The maximum absolute atomic E-state index is 13.9. The van der Waals surface area contributed by atoms with Crippen LogP contribution in [0.5, 0.6) is 0 Å². The molecule has 1 unspecified atom stereocenters. The number of piperidine rings is 1. The number of nitrogens with zero attached hydrogens (tertiary/aromatic N) is 3. The fourth-order valence-corrected chi connectivity index (χ4v) is 4.46. The topological polar surface area (TPSA) is 55.9 Å². The number of likely N-dealkylation sites (tertiary alicyclic amines) is 2. The summed E-state index contributed by atoms with van der Waals surface area (Å²) in [6, 6.07) is 2.45. The van der Waals surface area contributed by atoms with Crippen LogP contribution in [0.15, 0.2) is 18.2 Å². The second-order valence-corrected chi connectivity index (χ2v) is 8.89. The van der Waals surface area contributed by atoms with Crippen LogP contribution >= 0.6 is 0 Å². The summed E-state index contributed by atoms with van der Waals surface area (Å²) in [5.41, 5.74) is -0.173. The molecule has 3 rings (SSSR count). The van der Waals surface area contributed by atoms with E-state index in [1.54, 1.807) is 4.90 Å². The number of benzene rings is 1. The standard InChI is InChI=1S/C23H34F2N4O2/c1-17(2)22(30)29(14-6-12-27-10-3-4-11-27)19-7-5-13-28(16-19)23(31)26-21-15-18(24)8-9-20(21)25/h8-9,15,17,19H,3-7,10-14,16H2,1-2H3,(H,26,31). The predicted molar refractivity (Wildman–Crippen MR) is 117 cm³/mol. The molecule has 0 radical (unpaired) electrons. The van der Waals surface area contributed by atoms with Crippen molar-refractivity contribution in [3.8, 4) is 0 Å². The summed E-state index contributed by atoms with van der Waals surface area (Å²) >= 11 is 0. The minimum absolute atomic E-state index is 0.0645. The van der Waals surface area contributed by atoms with Crippen LogP contribution in [0.2, 0.25) is 0 Å². The van der Waals surface area contributed by atoms with Crippen LogP contribution < -0.4 is 5.32 Å². The van der Waals surface area contributed by atoms with Crippen LogP contribution in [0.3, 0.4) is 0 Å². The average molecular weight is 437 g/mol. The molecule has 0 spiro atoms. The molecule has 3 amide bonds. The van der Waals surface area contributed by atoms with Crippen molar-refractivity contribution in [3.63, 3.8) is 0 Å². The van der Waals surface area contributed by atoms with E-state index in [-0.39, 0.29) is 23.6 Å². The molecular weight excluding hydrogens is 402 g/mol. The molecule has 1 aromatic rings. The molecule has 0 saturated carbocycles. The molecule has 31 heavy (non-hydrogen) atoms. The average Bonchev–Trinajstić information content (AvgIpc) is 3.27. The van der Waals surface area contributed by atoms with E-state index < -0.39 is 17.7 Å². The Morgan fingerprint density at radius 1 is 1.16 bits per heavy atom. The summed E-state index contributed by atoms with van der Waals surface area (Å²) in [7, 11) is 0. The minimum Gasteiger partial charge on any atom is -0.338 e. The van der Waals surface area contributed by atoms with Crippen molar-refractivity contribution in [2.24, 2.45) is 5.92 Å². The second kappa shape index (κ2) is 10.9. The van der Waals surface area contributed by atoms with E-state index in [0.717, 1.165) is 57.1 Å². The van der Waals surface area contributed by atoms with Gasteiger partial charge < -0.3 is 20.0 Å². The number of carbonyl (C=O) groups is 2. The fraction of sp³-hybridized carbons (Fsp3) is 0.652.